The number of thiocarbonyl (C=S) groups is 1. The Morgan fingerprint density at radius 2 is 1.94 bits per heavy atom. The number of likely N-dealkylation sites (N-methyl/N-ethyl adjacent to an activating group) is 1. The van der Waals surface area contributed by atoms with Gasteiger partial charge in [-0.2, -0.15) is 0 Å². The van der Waals surface area contributed by atoms with Crippen molar-refractivity contribution in [1.82, 2.24) is 10.2 Å². The average Bonchev–Trinajstić information content (AvgIpc) is 2.15. The van der Waals surface area contributed by atoms with Crippen molar-refractivity contribution in [3.05, 3.63) is 0 Å². The van der Waals surface area contributed by atoms with Crippen molar-refractivity contribution in [2.45, 2.75) is 39.7 Å². The van der Waals surface area contributed by atoms with Crippen LogP contribution in [0.5, 0.6) is 0 Å². The van der Waals surface area contributed by atoms with Crippen LogP contribution in [0.1, 0.15) is 34.1 Å². The van der Waals surface area contributed by atoms with Crippen molar-refractivity contribution in [3.63, 3.8) is 0 Å². The third-order valence-corrected chi connectivity index (χ3v) is 2.68. The largest absolute Gasteiger partial charge is 0.392 e. The summed E-state index contributed by atoms with van der Waals surface area (Å²) in [5.74, 6) is 0.0185. The lowest BCUT2D eigenvalue weighted by molar-refractivity contribution is -0.123. The van der Waals surface area contributed by atoms with Crippen LogP contribution in [0.3, 0.4) is 0 Å². The molecule has 0 rings (SSSR count). The number of amides is 1. The predicted molar refractivity (Wildman–Crippen MR) is 71.4 cm³/mol. The molecule has 0 saturated carbocycles. The zero-order valence-corrected chi connectivity index (χ0v) is 11.5. The van der Waals surface area contributed by atoms with E-state index in [-0.39, 0.29) is 11.4 Å². The molecular formula is C11H23N3OS. The van der Waals surface area contributed by atoms with E-state index in [0.29, 0.717) is 18.1 Å². The van der Waals surface area contributed by atoms with Gasteiger partial charge in [0.15, 0.2) is 0 Å². The van der Waals surface area contributed by atoms with Crippen molar-refractivity contribution in [3.8, 4) is 0 Å². The quantitative estimate of drug-likeness (QED) is 0.654. The molecule has 94 valence electrons. The van der Waals surface area contributed by atoms with Crippen LogP contribution in [0.15, 0.2) is 0 Å². The van der Waals surface area contributed by atoms with Gasteiger partial charge in [0.05, 0.1) is 11.5 Å². The molecule has 4 nitrogen and oxygen atoms in total. The summed E-state index contributed by atoms with van der Waals surface area (Å²) in [6.07, 6.45) is 0.903. The van der Waals surface area contributed by atoms with Crippen LogP contribution in [0, 0.1) is 0 Å². The minimum Gasteiger partial charge on any atom is -0.392 e. The summed E-state index contributed by atoms with van der Waals surface area (Å²) in [5.41, 5.74) is 5.30. The Kier molecular flexibility index (Phi) is 6.52. The number of nitrogens with zero attached hydrogens (tertiary/aromatic N) is 1. The zero-order chi connectivity index (χ0) is 12.8. The predicted octanol–water partition coefficient (Wildman–Crippen LogP) is 0.899. The monoisotopic (exact) mass is 245 g/mol. The van der Waals surface area contributed by atoms with Gasteiger partial charge >= 0.3 is 0 Å². The smallest absolute Gasteiger partial charge is 0.234 e. The molecule has 0 fully saturated rings. The van der Waals surface area contributed by atoms with Gasteiger partial charge in [-0.25, -0.2) is 0 Å². The highest BCUT2D eigenvalue weighted by Gasteiger charge is 2.19. The normalized spacial score (nSPS) is 11.6. The van der Waals surface area contributed by atoms with Gasteiger partial charge in [0.1, 0.15) is 0 Å². The molecule has 0 heterocycles. The molecule has 16 heavy (non-hydrogen) atoms. The second-order valence-corrected chi connectivity index (χ2v) is 5.08. The molecule has 0 spiro atoms. The molecule has 0 bridgehead atoms. The fourth-order valence-corrected chi connectivity index (χ4v) is 1.39. The van der Waals surface area contributed by atoms with E-state index in [1.165, 1.54) is 0 Å². The zero-order valence-electron chi connectivity index (χ0n) is 10.7. The van der Waals surface area contributed by atoms with Crippen molar-refractivity contribution in [2.75, 3.05) is 19.6 Å². The topological polar surface area (TPSA) is 58.4 Å². The van der Waals surface area contributed by atoms with Gasteiger partial charge in [-0.15, -0.1) is 0 Å². The molecule has 0 saturated heterocycles. The van der Waals surface area contributed by atoms with E-state index in [9.17, 15) is 4.79 Å². The molecule has 0 aliphatic heterocycles. The first-order valence-corrected chi connectivity index (χ1v) is 6.03. The summed E-state index contributed by atoms with van der Waals surface area (Å²) >= 11 is 4.83. The van der Waals surface area contributed by atoms with Crippen molar-refractivity contribution >= 4 is 23.1 Å². The van der Waals surface area contributed by atoms with Gasteiger partial charge in [-0.1, -0.05) is 26.1 Å². The lowest BCUT2D eigenvalue weighted by Crippen LogP contribution is -2.48. The third kappa shape index (κ3) is 6.74. The van der Waals surface area contributed by atoms with Crippen LogP contribution >= 0.6 is 12.2 Å². The number of rotatable bonds is 7. The highest BCUT2D eigenvalue weighted by molar-refractivity contribution is 7.80. The second-order valence-electron chi connectivity index (χ2n) is 4.56. The molecule has 0 aromatic carbocycles. The summed E-state index contributed by atoms with van der Waals surface area (Å²) in [6, 6.07) is 0. The van der Waals surface area contributed by atoms with E-state index < -0.39 is 0 Å². The molecule has 0 aromatic heterocycles. The summed E-state index contributed by atoms with van der Waals surface area (Å²) < 4.78 is 0. The molecule has 1 amide bonds. The molecule has 3 N–H and O–H groups in total. The SMILES string of the molecule is CCN(CC(=O)NC(C)(C)CC)CC(N)=S. The number of hydrogen-bond acceptors (Lipinski definition) is 3. The Morgan fingerprint density at radius 3 is 2.31 bits per heavy atom. The van der Waals surface area contributed by atoms with E-state index in [2.05, 4.69) is 5.32 Å². The van der Waals surface area contributed by atoms with Gasteiger partial charge < -0.3 is 11.1 Å². The molecule has 0 atom stereocenters. The molecule has 0 unspecified atom stereocenters. The summed E-state index contributed by atoms with van der Waals surface area (Å²) in [6.45, 7) is 9.65. The molecular weight excluding hydrogens is 222 g/mol. The lowest BCUT2D eigenvalue weighted by Gasteiger charge is -2.27. The van der Waals surface area contributed by atoms with Crippen molar-refractivity contribution in [1.29, 1.82) is 0 Å². The highest BCUT2D eigenvalue weighted by atomic mass is 32.1. The number of carbonyl (C=O) groups excluding carboxylic acids is 1. The average molecular weight is 245 g/mol. The molecule has 0 radical (unpaired) electrons. The number of carbonyl (C=O) groups is 1. The summed E-state index contributed by atoms with van der Waals surface area (Å²) in [4.78, 5) is 14.1. The standard InChI is InChI=1S/C11H23N3OS/c1-5-11(3,4)13-10(15)8-14(6-2)7-9(12)16/h5-8H2,1-4H3,(H2,12,16)(H,13,15). The maximum absolute atomic E-state index is 11.7. The van der Waals surface area contributed by atoms with Crippen molar-refractivity contribution in [2.24, 2.45) is 5.73 Å². The van der Waals surface area contributed by atoms with E-state index in [4.69, 9.17) is 18.0 Å². The fourth-order valence-electron chi connectivity index (χ4n) is 1.21. The Balaban J connectivity index is 4.16. The van der Waals surface area contributed by atoms with Gasteiger partial charge in [0, 0.05) is 12.1 Å². The van der Waals surface area contributed by atoms with Crippen LogP contribution in [0.4, 0.5) is 0 Å². The molecule has 0 aliphatic rings. The summed E-state index contributed by atoms with van der Waals surface area (Å²) in [5, 5.41) is 2.98. The van der Waals surface area contributed by atoms with Gasteiger partial charge in [0.25, 0.3) is 0 Å². The van der Waals surface area contributed by atoms with Crippen LogP contribution < -0.4 is 11.1 Å². The Labute approximate surface area is 104 Å². The minimum atomic E-state index is -0.153. The Morgan fingerprint density at radius 1 is 1.38 bits per heavy atom. The number of nitrogens with two attached hydrogens (primary N) is 1. The Bertz CT molecular complexity index is 254. The first-order chi connectivity index (χ1) is 7.30. The van der Waals surface area contributed by atoms with E-state index in [0.717, 1.165) is 13.0 Å². The van der Waals surface area contributed by atoms with Crippen LogP contribution in [0.25, 0.3) is 0 Å². The van der Waals surface area contributed by atoms with Gasteiger partial charge in [0.2, 0.25) is 5.91 Å². The van der Waals surface area contributed by atoms with E-state index >= 15 is 0 Å². The van der Waals surface area contributed by atoms with Crippen LogP contribution in [-0.4, -0.2) is 41.0 Å². The fraction of sp³-hybridized carbons (Fsp3) is 0.818. The summed E-state index contributed by atoms with van der Waals surface area (Å²) in [7, 11) is 0. The maximum Gasteiger partial charge on any atom is 0.234 e. The third-order valence-electron chi connectivity index (χ3n) is 2.56. The van der Waals surface area contributed by atoms with Gasteiger partial charge in [-0.3, -0.25) is 9.69 Å². The van der Waals surface area contributed by atoms with Crippen LogP contribution in [0.2, 0.25) is 0 Å². The van der Waals surface area contributed by atoms with Crippen molar-refractivity contribution < 1.29 is 4.79 Å². The van der Waals surface area contributed by atoms with Gasteiger partial charge in [-0.05, 0) is 26.8 Å². The Hall–Kier alpha value is -0.680. The molecule has 5 heteroatoms. The minimum absolute atomic E-state index is 0.0185. The van der Waals surface area contributed by atoms with Crippen LogP contribution in [-0.2, 0) is 4.79 Å². The first-order valence-electron chi connectivity index (χ1n) is 5.62. The maximum atomic E-state index is 11.7. The second kappa shape index (κ2) is 6.81. The molecule has 0 aliphatic carbocycles. The van der Waals surface area contributed by atoms with E-state index in [1.54, 1.807) is 0 Å². The first kappa shape index (κ1) is 15.3. The number of nitrogens with one attached hydrogen (secondary N) is 1. The van der Waals surface area contributed by atoms with E-state index in [1.807, 2.05) is 32.6 Å². The number of hydrogen-bond donors (Lipinski definition) is 2. The molecule has 0 aromatic rings. The lowest BCUT2D eigenvalue weighted by atomic mass is 10.0. The highest BCUT2D eigenvalue weighted by Crippen LogP contribution is 2.06.